The Bertz CT molecular complexity index is 7020. The highest BCUT2D eigenvalue weighted by Crippen LogP contribution is 2.37. The Morgan fingerprint density at radius 3 is 0.940 bits per heavy atom. The molecule has 0 atom stereocenters. The zero-order valence-electron chi connectivity index (χ0n) is 75.7. The maximum atomic E-state index is 6.10. The van der Waals surface area contributed by atoms with Gasteiger partial charge < -0.3 is 60.1 Å². The summed E-state index contributed by atoms with van der Waals surface area (Å²) >= 11 is 0. The molecule has 2 saturated carbocycles. The second-order valence-electron chi connectivity index (χ2n) is 34.7. The molecule has 10 N–H and O–H groups in total. The highest BCUT2D eigenvalue weighted by Gasteiger charge is 2.22. The van der Waals surface area contributed by atoms with Gasteiger partial charge in [-0.05, 0) is 256 Å². The van der Waals surface area contributed by atoms with Gasteiger partial charge in [-0.25, -0.2) is 44.9 Å². The van der Waals surface area contributed by atoms with Crippen LogP contribution in [0.5, 0.6) is 29.4 Å². The number of hydrogen-bond donors (Lipinski definition) is 10. The molecule has 0 unspecified atom stereocenters. The summed E-state index contributed by atoms with van der Waals surface area (Å²) in [5.74, 6) is 8.29. The molecule has 34 nitrogen and oxygen atoms in total. The number of benzene rings is 5. The van der Waals surface area contributed by atoms with Crippen molar-refractivity contribution < 1.29 is 23.7 Å². The van der Waals surface area contributed by atoms with E-state index in [1.165, 1.54) is 64.2 Å². The molecule has 2 aliphatic carbocycles. The number of likely N-dealkylation sites (N-methyl/N-ethyl adjacent to an activating group) is 2. The van der Waals surface area contributed by atoms with E-state index in [9.17, 15) is 0 Å². The molecule has 22 rings (SSSR count). The molecular weight excluding hydrogens is 1690 g/mol. The molecule has 134 heavy (non-hydrogen) atoms. The number of fused-ring (bicyclic) bond motifs is 10. The molecule has 2 aliphatic rings. The van der Waals surface area contributed by atoms with E-state index in [2.05, 4.69) is 198 Å². The zero-order valence-corrected chi connectivity index (χ0v) is 75.7. The van der Waals surface area contributed by atoms with E-state index in [1.54, 1.807) is 68.2 Å². The van der Waals surface area contributed by atoms with Crippen LogP contribution < -0.4 is 50.3 Å². The molecule has 0 spiro atoms. The van der Waals surface area contributed by atoms with E-state index in [0.717, 1.165) is 159 Å². The minimum absolute atomic E-state index is 0.0827. The first-order chi connectivity index (χ1) is 65.6. The maximum Gasteiger partial charge on any atom is 0.221 e. The van der Waals surface area contributed by atoms with Gasteiger partial charge in [-0.3, -0.25) is 40.4 Å². The first-order valence-electron chi connectivity index (χ1n) is 45.0. The van der Waals surface area contributed by atoms with Crippen molar-refractivity contribution >= 4 is 167 Å². The molecule has 5 aromatic carbocycles. The first kappa shape index (κ1) is 88.7. The Morgan fingerprint density at radius 2 is 0.612 bits per heavy atom. The van der Waals surface area contributed by atoms with Crippen LogP contribution in [0.15, 0.2) is 232 Å². The number of nitrogens with zero attached hydrogens (tertiary/aromatic N) is 19. The summed E-state index contributed by atoms with van der Waals surface area (Å²) in [7, 11) is 8.07. The fourth-order valence-electron chi connectivity index (χ4n) is 15.9. The Hall–Kier alpha value is -16.0. The van der Waals surface area contributed by atoms with Crippen LogP contribution in [0.25, 0.3) is 109 Å². The normalized spacial score (nSPS) is 13.0. The third kappa shape index (κ3) is 22.2. The van der Waals surface area contributed by atoms with Crippen LogP contribution in [-0.4, -0.2) is 195 Å². The number of hydrogen-bond acceptors (Lipinski definition) is 29. The van der Waals surface area contributed by atoms with Gasteiger partial charge in [0.15, 0.2) is 40.1 Å². The van der Waals surface area contributed by atoms with E-state index >= 15 is 0 Å². The van der Waals surface area contributed by atoms with Gasteiger partial charge in [0.05, 0.1) is 36.4 Å². The topological polar surface area (TPSA) is 411 Å². The number of nitrogens with one attached hydrogen (secondary N) is 10. The third-order valence-corrected chi connectivity index (χ3v) is 22.9. The Kier molecular flexibility index (Phi) is 27.7. The fraction of sp³-hybridized carbons (Fsp3) is 0.270. The summed E-state index contributed by atoms with van der Waals surface area (Å²) in [6, 6.07) is 51.9. The summed E-state index contributed by atoms with van der Waals surface area (Å²) in [6.07, 6.45) is 33.8. The van der Waals surface area contributed by atoms with E-state index in [1.807, 2.05) is 162 Å². The number of pyridine rings is 8. The van der Waals surface area contributed by atoms with Crippen molar-refractivity contribution in [2.45, 2.75) is 85.0 Å². The van der Waals surface area contributed by atoms with Crippen molar-refractivity contribution in [2.24, 2.45) is 17.3 Å². The number of anilines is 10. The zero-order chi connectivity index (χ0) is 91.5. The maximum absolute atomic E-state index is 6.10. The summed E-state index contributed by atoms with van der Waals surface area (Å²) in [6.45, 7) is 11.4. The largest absolute Gasteiger partial charge is 0.477 e. The molecule has 0 bridgehead atoms. The van der Waals surface area contributed by atoms with Gasteiger partial charge in [-0.2, -0.15) is 25.5 Å². The number of H-pyrrole nitrogens is 5. The highest BCUT2D eigenvalue weighted by molar-refractivity contribution is 5.98. The van der Waals surface area contributed by atoms with Crippen LogP contribution in [0, 0.1) is 17.3 Å². The van der Waals surface area contributed by atoms with Gasteiger partial charge >= 0.3 is 0 Å². The Labute approximate surface area is 771 Å². The van der Waals surface area contributed by atoms with Crippen molar-refractivity contribution in [1.82, 2.24) is 121 Å². The molecular formula is C100H105N29O5. The molecule has 2 fully saturated rings. The molecule has 0 saturated heterocycles. The molecule has 15 heterocycles. The van der Waals surface area contributed by atoms with Crippen molar-refractivity contribution in [2.75, 3.05) is 101 Å². The lowest BCUT2D eigenvalue weighted by Crippen LogP contribution is -2.19. The molecule has 680 valence electrons. The van der Waals surface area contributed by atoms with Crippen molar-refractivity contribution in [3.8, 4) is 29.4 Å². The lowest BCUT2D eigenvalue weighted by atomic mass is 9.90. The lowest BCUT2D eigenvalue weighted by Gasteiger charge is -2.21. The predicted octanol–water partition coefficient (Wildman–Crippen LogP) is 20.3. The summed E-state index contributed by atoms with van der Waals surface area (Å²) in [5, 5.41) is 63.1. The van der Waals surface area contributed by atoms with Gasteiger partial charge in [-0.1, -0.05) is 59.3 Å². The second kappa shape index (κ2) is 41.9. The van der Waals surface area contributed by atoms with Crippen LogP contribution in [-0.2, 0) is 0 Å². The summed E-state index contributed by atoms with van der Waals surface area (Å²) < 4.78 is 29.8. The van der Waals surface area contributed by atoms with E-state index < -0.39 is 0 Å². The van der Waals surface area contributed by atoms with Gasteiger partial charge in [0, 0.05) is 143 Å². The van der Waals surface area contributed by atoms with Crippen LogP contribution in [0.2, 0.25) is 0 Å². The average Bonchev–Trinajstić information content (AvgIpc) is 1.14. The highest BCUT2D eigenvalue weighted by atomic mass is 16.5. The molecule has 34 heteroatoms. The monoisotopic (exact) mass is 1790 g/mol. The van der Waals surface area contributed by atoms with E-state index in [-0.39, 0.29) is 5.41 Å². The minimum atomic E-state index is 0.0827. The molecule has 0 radical (unpaired) electrons. The molecule has 20 aromatic rings. The number of rotatable bonds is 26. The molecule has 15 aromatic heterocycles. The minimum Gasteiger partial charge on any atom is -0.477 e. The summed E-state index contributed by atoms with van der Waals surface area (Å²) in [4.78, 5) is 56.3. The first-order valence-corrected chi connectivity index (χ1v) is 45.0. The van der Waals surface area contributed by atoms with Crippen LogP contribution in [0.4, 0.5) is 57.5 Å². The molecule has 0 amide bonds. The van der Waals surface area contributed by atoms with Crippen LogP contribution >= 0.6 is 0 Å². The van der Waals surface area contributed by atoms with E-state index in [0.29, 0.717) is 95.0 Å². The third-order valence-electron chi connectivity index (χ3n) is 22.9. The van der Waals surface area contributed by atoms with Crippen molar-refractivity contribution in [3.63, 3.8) is 0 Å². The van der Waals surface area contributed by atoms with Crippen molar-refractivity contribution in [1.29, 1.82) is 0 Å². The van der Waals surface area contributed by atoms with Gasteiger partial charge in [-0.15, -0.1) is 0 Å². The predicted molar refractivity (Wildman–Crippen MR) is 527 cm³/mol. The van der Waals surface area contributed by atoms with Crippen molar-refractivity contribution in [3.05, 3.63) is 232 Å². The SMILES string of the molecule is CC(C)(C)COc1nccc2cc(Nc3n[nH]c4cccnc34)ccc12.CN(C)CCOc1nccc2cc(Nc3[nH]nc4nccnc34)ccc12.CN(C)CCOc1nccc2cc(Nc3n[nH]c4cccnc34)ccc12.c1cc2cc(Nc3[nH]nc4nccnc34)ccc2c(OCC2CCCCC2)n1.c1cnc2c(Nc3ccc4c(OCC5CCCCC5)nccc4c3)n[nH]c2c1. The summed E-state index contributed by atoms with van der Waals surface area (Å²) in [5.41, 5.74) is 12.5. The smallest absolute Gasteiger partial charge is 0.221 e. The van der Waals surface area contributed by atoms with Gasteiger partial charge in [0.25, 0.3) is 0 Å². The number of aromatic nitrogens is 22. The Balaban J connectivity index is 0.000000112. The lowest BCUT2D eigenvalue weighted by molar-refractivity contribution is 0.194. The van der Waals surface area contributed by atoms with Gasteiger partial charge in [0.1, 0.15) is 29.8 Å². The molecule has 0 aliphatic heterocycles. The average molecular weight is 1790 g/mol. The Morgan fingerprint density at radius 1 is 0.306 bits per heavy atom. The quantitative estimate of drug-likeness (QED) is 0.0241. The fourth-order valence-corrected chi connectivity index (χ4v) is 15.9. The number of aromatic amines is 5. The van der Waals surface area contributed by atoms with Gasteiger partial charge in [0.2, 0.25) is 40.7 Å². The number of ether oxygens (including phenoxy) is 5. The van der Waals surface area contributed by atoms with Crippen LogP contribution in [0.3, 0.4) is 0 Å². The standard InChI is InChI=1S/C22H23N5O.C21H22N6O.C20H21N5O.C19H20N6O.C18H19N7O/c1-2-5-15(6-3-1)14-28-22-18-9-8-17(13-16(18)10-12-24-22)25-21-20-19(26-27-21)7-4-11-23-20;1-2-4-14(5-3-1)13-28-21-17-7-6-16(12-15(17)8-9-24-21)25-20-18-19(26-27-20)23-11-10-22-18;1-20(2,3)12-26-19-15-7-6-14(11-13(15)8-10-22-19)23-18-17-16(24-25-18)5-4-9-21-17;1-25(2)10-11-26-19-15-6-5-14(12-13(15)7-9-21-19)22-18-17-16(23-24-18)4-3-8-20-17;1-25(2)9-10-26-18-14-4-3-13(11-12(14)5-6-21-18)22-17-15-16(23-24-17)20-8-7-19-15/h4,7-13,15H,1-3,5-6,14H2,(H2,25,26,27);6-12,14H,1-5,13H2,(H2,23,25,26,27);4-11H,12H2,1-3H3,(H2,23,24,25);3-9,12H,10-11H2,1-2H3,(H2,22,23,24);3-8,11H,9-10H2,1-2H3,(H2,20,22,23,24). The van der Waals surface area contributed by atoms with E-state index in [4.69, 9.17) is 23.7 Å². The second-order valence-corrected chi connectivity index (χ2v) is 34.7. The van der Waals surface area contributed by atoms with Crippen LogP contribution in [0.1, 0.15) is 85.0 Å².